The predicted molar refractivity (Wildman–Crippen MR) is 103 cm³/mol. The molecule has 1 aliphatic rings. The number of nitriles is 1. The molecule has 0 N–H and O–H groups in total. The molecule has 5 heteroatoms. The number of rotatable bonds is 7. The molecule has 142 valence electrons. The van der Waals surface area contributed by atoms with E-state index in [1.807, 2.05) is 17.0 Å². The van der Waals surface area contributed by atoms with Crippen LogP contribution >= 0.6 is 0 Å². The summed E-state index contributed by atoms with van der Waals surface area (Å²) in [5.74, 6) is 1.74. The fraction of sp³-hybridized carbons (Fsp3) is 0.619. The fourth-order valence-corrected chi connectivity index (χ4v) is 3.27. The van der Waals surface area contributed by atoms with Crippen LogP contribution in [-0.4, -0.2) is 54.5 Å². The molecule has 0 aliphatic carbocycles. The third kappa shape index (κ3) is 5.47. The van der Waals surface area contributed by atoms with Crippen molar-refractivity contribution in [2.75, 3.05) is 32.8 Å². The highest BCUT2D eigenvalue weighted by molar-refractivity contribution is 5.76. The summed E-state index contributed by atoms with van der Waals surface area (Å²) in [5, 5.41) is 9.31. The zero-order chi connectivity index (χ0) is 19.1. The Kier molecular flexibility index (Phi) is 7.47. The van der Waals surface area contributed by atoms with Gasteiger partial charge in [-0.15, -0.1) is 0 Å². The van der Waals surface area contributed by atoms with E-state index in [9.17, 15) is 10.1 Å². The fourth-order valence-electron chi connectivity index (χ4n) is 3.27. The molecule has 1 aromatic carbocycles. The molecule has 1 unspecified atom stereocenters. The quantitative estimate of drug-likeness (QED) is 0.751. The van der Waals surface area contributed by atoms with Gasteiger partial charge in [0.1, 0.15) is 11.8 Å². The second kappa shape index (κ2) is 9.59. The predicted octanol–water partition coefficient (Wildman–Crippen LogP) is 3.27. The summed E-state index contributed by atoms with van der Waals surface area (Å²) in [6.07, 6.45) is 0.387. The molecule has 0 aromatic heterocycles. The van der Waals surface area contributed by atoms with Crippen molar-refractivity contribution in [3.63, 3.8) is 0 Å². The number of amides is 1. The number of nitrogens with zero attached hydrogens (tertiary/aromatic N) is 3. The van der Waals surface area contributed by atoms with Crippen LogP contribution in [0.15, 0.2) is 24.3 Å². The maximum atomic E-state index is 12.4. The molecule has 2 rings (SSSR count). The van der Waals surface area contributed by atoms with Gasteiger partial charge in [0.05, 0.1) is 19.1 Å². The molecule has 5 nitrogen and oxygen atoms in total. The standard InChI is InChI=1S/C21H31N3O2/c1-16(2)18-5-7-19(8-6-18)26-14-9-21(25)24-12-10-23(11-13-24)20(15-22)17(3)4/h5-8,16-17,20H,9-14H2,1-4H3. The minimum Gasteiger partial charge on any atom is -0.493 e. The zero-order valence-electron chi connectivity index (χ0n) is 16.4. The molecule has 0 spiro atoms. The lowest BCUT2D eigenvalue weighted by molar-refractivity contribution is -0.133. The highest BCUT2D eigenvalue weighted by atomic mass is 16.5. The lowest BCUT2D eigenvalue weighted by atomic mass is 10.0. The van der Waals surface area contributed by atoms with E-state index >= 15 is 0 Å². The summed E-state index contributed by atoms with van der Waals surface area (Å²) in [6, 6.07) is 10.4. The van der Waals surface area contributed by atoms with E-state index in [2.05, 4.69) is 50.8 Å². The number of piperazine rings is 1. The van der Waals surface area contributed by atoms with Crippen LogP contribution in [0, 0.1) is 17.2 Å². The summed E-state index contributed by atoms with van der Waals surface area (Å²) >= 11 is 0. The number of hydrogen-bond acceptors (Lipinski definition) is 4. The highest BCUT2D eigenvalue weighted by Gasteiger charge is 2.27. The number of ether oxygens (including phenoxy) is 1. The first-order chi connectivity index (χ1) is 12.4. The van der Waals surface area contributed by atoms with Gasteiger partial charge in [0.25, 0.3) is 0 Å². The number of carbonyl (C=O) groups is 1. The lowest BCUT2D eigenvalue weighted by Gasteiger charge is -2.38. The summed E-state index contributed by atoms with van der Waals surface area (Å²) in [4.78, 5) is 16.4. The summed E-state index contributed by atoms with van der Waals surface area (Å²) in [6.45, 7) is 11.8. The summed E-state index contributed by atoms with van der Waals surface area (Å²) in [7, 11) is 0. The molecule has 0 bridgehead atoms. The van der Waals surface area contributed by atoms with Gasteiger partial charge in [-0.3, -0.25) is 9.69 Å². The van der Waals surface area contributed by atoms with Crippen LogP contribution in [0.5, 0.6) is 5.75 Å². The number of carbonyl (C=O) groups excluding carboxylic acids is 1. The maximum absolute atomic E-state index is 12.4. The smallest absolute Gasteiger partial charge is 0.226 e. The minimum absolute atomic E-state index is 0.0654. The van der Waals surface area contributed by atoms with E-state index in [0.717, 1.165) is 18.8 Å². The molecule has 26 heavy (non-hydrogen) atoms. The van der Waals surface area contributed by atoms with E-state index in [-0.39, 0.29) is 11.9 Å². The van der Waals surface area contributed by atoms with Gasteiger partial charge in [-0.25, -0.2) is 0 Å². The van der Waals surface area contributed by atoms with Crippen molar-refractivity contribution < 1.29 is 9.53 Å². The van der Waals surface area contributed by atoms with E-state index in [1.165, 1.54) is 5.56 Å². The third-order valence-electron chi connectivity index (χ3n) is 4.96. The van der Waals surface area contributed by atoms with E-state index in [0.29, 0.717) is 38.0 Å². The van der Waals surface area contributed by atoms with E-state index < -0.39 is 0 Å². The molecule has 1 amide bonds. The van der Waals surface area contributed by atoms with Crippen LogP contribution < -0.4 is 4.74 Å². The van der Waals surface area contributed by atoms with Crippen molar-refractivity contribution >= 4 is 5.91 Å². The van der Waals surface area contributed by atoms with Crippen molar-refractivity contribution in [1.29, 1.82) is 5.26 Å². The first-order valence-electron chi connectivity index (χ1n) is 9.56. The Morgan fingerprint density at radius 3 is 2.23 bits per heavy atom. The van der Waals surface area contributed by atoms with Crippen molar-refractivity contribution in [2.24, 2.45) is 5.92 Å². The zero-order valence-corrected chi connectivity index (χ0v) is 16.4. The SMILES string of the molecule is CC(C)c1ccc(OCCC(=O)N2CCN(C(C#N)C(C)C)CC2)cc1. The van der Waals surface area contributed by atoms with Gasteiger partial charge in [0, 0.05) is 26.2 Å². The number of benzene rings is 1. The molecule has 1 aromatic rings. The first-order valence-corrected chi connectivity index (χ1v) is 9.56. The minimum atomic E-state index is -0.0654. The molecule has 1 fully saturated rings. The Bertz CT molecular complexity index is 611. The van der Waals surface area contributed by atoms with Gasteiger partial charge < -0.3 is 9.64 Å². The van der Waals surface area contributed by atoms with Crippen LogP contribution in [0.2, 0.25) is 0 Å². The Balaban J connectivity index is 1.73. The Morgan fingerprint density at radius 1 is 1.12 bits per heavy atom. The Labute approximate surface area is 157 Å². The molecule has 0 radical (unpaired) electrons. The molecular weight excluding hydrogens is 326 g/mol. The van der Waals surface area contributed by atoms with Crippen molar-refractivity contribution in [1.82, 2.24) is 9.80 Å². The molecule has 1 heterocycles. The average molecular weight is 357 g/mol. The molecule has 1 saturated heterocycles. The monoisotopic (exact) mass is 357 g/mol. The Morgan fingerprint density at radius 2 is 1.73 bits per heavy atom. The summed E-state index contributed by atoms with van der Waals surface area (Å²) < 4.78 is 5.71. The van der Waals surface area contributed by atoms with Crippen molar-refractivity contribution in [2.45, 2.75) is 46.1 Å². The second-order valence-corrected chi connectivity index (χ2v) is 7.56. The van der Waals surface area contributed by atoms with Crippen LogP contribution in [0.4, 0.5) is 0 Å². The van der Waals surface area contributed by atoms with Crippen LogP contribution in [0.25, 0.3) is 0 Å². The lowest BCUT2D eigenvalue weighted by Crippen LogP contribution is -2.53. The first kappa shape index (κ1) is 20.3. The van der Waals surface area contributed by atoms with Gasteiger partial charge in [0.15, 0.2) is 0 Å². The molecule has 0 saturated carbocycles. The molecule has 1 aliphatic heterocycles. The second-order valence-electron chi connectivity index (χ2n) is 7.56. The average Bonchev–Trinajstić information content (AvgIpc) is 2.63. The van der Waals surface area contributed by atoms with Gasteiger partial charge in [-0.2, -0.15) is 5.26 Å². The van der Waals surface area contributed by atoms with Gasteiger partial charge in [-0.1, -0.05) is 39.8 Å². The van der Waals surface area contributed by atoms with Crippen molar-refractivity contribution in [3.05, 3.63) is 29.8 Å². The number of hydrogen-bond donors (Lipinski definition) is 0. The van der Waals surface area contributed by atoms with Gasteiger partial charge >= 0.3 is 0 Å². The summed E-state index contributed by atoms with van der Waals surface area (Å²) in [5.41, 5.74) is 1.28. The van der Waals surface area contributed by atoms with E-state index in [1.54, 1.807) is 0 Å². The normalized spacial score (nSPS) is 16.6. The van der Waals surface area contributed by atoms with E-state index in [4.69, 9.17) is 4.74 Å². The largest absolute Gasteiger partial charge is 0.493 e. The Hall–Kier alpha value is -2.06. The topological polar surface area (TPSA) is 56.6 Å². The van der Waals surface area contributed by atoms with Crippen molar-refractivity contribution in [3.8, 4) is 11.8 Å². The molecular formula is C21H31N3O2. The maximum Gasteiger partial charge on any atom is 0.226 e. The van der Waals surface area contributed by atoms with Crippen LogP contribution in [-0.2, 0) is 4.79 Å². The van der Waals surface area contributed by atoms with Gasteiger partial charge in [0.2, 0.25) is 5.91 Å². The van der Waals surface area contributed by atoms with Gasteiger partial charge in [-0.05, 0) is 29.5 Å². The third-order valence-corrected chi connectivity index (χ3v) is 4.96. The van der Waals surface area contributed by atoms with Crippen LogP contribution in [0.1, 0.15) is 45.6 Å². The van der Waals surface area contributed by atoms with Crippen LogP contribution in [0.3, 0.4) is 0 Å². The molecule has 1 atom stereocenters. The highest BCUT2D eigenvalue weighted by Crippen LogP contribution is 2.19.